The molecule has 2 nitrogen and oxygen atoms in total. The molecular weight excluding hydrogens is 219 g/mol. The maximum atomic E-state index is 13.5. The van der Waals surface area contributed by atoms with Gasteiger partial charge in [-0.3, -0.25) is 0 Å². The molecule has 0 spiro atoms. The standard InChI is InChI=1S/C11H12F3NO/c12-5-11(15,7-4-9(7)16)6-2-1-3-8(13)10(6)14/h1-3,7,9,16H,4-5,15H2. The molecule has 0 heterocycles. The summed E-state index contributed by atoms with van der Waals surface area (Å²) < 4.78 is 39.5. The Balaban J connectivity index is 2.44. The minimum atomic E-state index is -1.63. The van der Waals surface area contributed by atoms with Crippen molar-refractivity contribution in [3.63, 3.8) is 0 Å². The van der Waals surface area contributed by atoms with Crippen LogP contribution in [-0.4, -0.2) is 17.9 Å². The molecule has 0 amide bonds. The van der Waals surface area contributed by atoms with Crippen LogP contribution >= 0.6 is 0 Å². The van der Waals surface area contributed by atoms with Gasteiger partial charge in [0.05, 0.1) is 11.6 Å². The average molecular weight is 231 g/mol. The molecule has 0 aliphatic heterocycles. The van der Waals surface area contributed by atoms with E-state index in [1.165, 1.54) is 12.1 Å². The fourth-order valence-corrected chi connectivity index (χ4v) is 1.97. The van der Waals surface area contributed by atoms with Gasteiger partial charge in [-0.1, -0.05) is 12.1 Å². The van der Waals surface area contributed by atoms with E-state index in [0.717, 1.165) is 6.07 Å². The molecule has 1 saturated carbocycles. The quantitative estimate of drug-likeness (QED) is 0.827. The zero-order valence-electron chi connectivity index (χ0n) is 8.46. The highest BCUT2D eigenvalue weighted by molar-refractivity contribution is 5.30. The van der Waals surface area contributed by atoms with Gasteiger partial charge in [-0.05, 0) is 12.5 Å². The lowest BCUT2D eigenvalue weighted by molar-refractivity contribution is 0.194. The average Bonchev–Trinajstić information content (AvgIpc) is 2.99. The maximum Gasteiger partial charge on any atom is 0.163 e. The van der Waals surface area contributed by atoms with Gasteiger partial charge < -0.3 is 10.8 Å². The van der Waals surface area contributed by atoms with Gasteiger partial charge in [0.15, 0.2) is 11.6 Å². The molecule has 3 N–H and O–H groups in total. The van der Waals surface area contributed by atoms with Crippen LogP contribution in [0.1, 0.15) is 12.0 Å². The van der Waals surface area contributed by atoms with E-state index in [2.05, 4.69) is 0 Å². The summed E-state index contributed by atoms with van der Waals surface area (Å²) in [6.45, 7) is -1.03. The van der Waals surface area contributed by atoms with Gasteiger partial charge >= 0.3 is 0 Å². The molecule has 0 radical (unpaired) electrons. The van der Waals surface area contributed by atoms with Crippen LogP contribution in [0.5, 0.6) is 0 Å². The van der Waals surface area contributed by atoms with Crippen molar-refractivity contribution in [1.29, 1.82) is 0 Å². The predicted octanol–water partition coefficient (Wildman–Crippen LogP) is 1.47. The zero-order chi connectivity index (χ0) is 11.9. The molecule has 16 heavy (non-hydrogen) atoms. The second-order valence-electron chi connectivity index (χ2n) is 4.18. The first-order valence-electron chi connectivity index (χ1n) is 4.98. The molecule has 1 aromatic carbocycles. The summed E-state index contributed by atoms with van der Waals surface area (Å²) in [6.07, 6.45) is -0.417. The third-order valence-corrected chi connectivity index (χ3v) is 3.09. The highest BCUT2D eigenvalue weighted by atomic mass is 19.2. The highest BCUT2D eigenvalue weighted by Crippen LogP contribution is 2.45. The van der Waals surface area contributed by atoms with Crippen LogP contribution in [-0.2, 0) is 5.54 Å². The topological polar surface area (TPSA) is 46.2 Å². The number of halogens is 3. The van der Waals surface area contributed by atoms with Crippen molar-refractivity contribution in [2.75, 3.05) is 6.67 Å². The minimum Gasteiger partial charge on any atom is -0.393 e. The number of hydrogen-bond donors (Lipinski definition) is 2. The van der Waals surface area contributed by atoms with Gasteiger partial charge in [-0.15, -0.1) is 0 Å². The van der Waals surface area contributed by atoms with Crippen LogP contribution in [0, 0.1) is 17.6 Å². The fraction of sp³-hybridized carbons (Fsp3) is 0.455. The Labute approximate surface area is 90.9 Å². The van der Waals surface area contributed by atoms with E-state index in [9.17, 15) is 18.3 Å². The highest BCUT2D eigenvalue weighted by Gasteiger charge is 2.52. The Bertz CT molecular complexity index is 412. The number of alkyl halides is 1. The van der Waals surface area contributed by atoms with Crippen molar-refractivity contribution in [2.45, 2.75) is 18.1 Å². The molecule has 1 fully saturated rings. The van der Waals surface area contributed by atoms with E-state index < -0.39 is 35.9 Å². The summed E-state index contributed by atoms with van der Waals surface area (Å²) in [5.41, 5.74) is 3.90. The minimum absolute atomic E-state index is 0.212. The van der Waals surface area contributed by atoms with Crippen molar-refractivity contribution in [1.82, 2.24) is 0 Å². The normalized spacial score (nSPS) is 27.6. The van der Waals surface area contributed by atoms with Crippen molar-refractivity contribution >= 4 is 0 Å². The number of hydrogen-bond acceptors (Lipinski definition) is 2. The number of nitrogens with two attached hydrogens (primary N) is 1. The fourth-order valence-electron chi connectivity index (χ4n) is 1.97. The Morgan fingerprint density at radius 3 is 2.56 bits per heavy atom. The smallest absolute Gasteiger partial charge is 0.163 e. The second-order valence-corrected chi connectivity index (χ2v) is 4.18. The Morgan fingerprint density at radius 1 is 1.44 bits per heavy atom. The summed E-state index contributed by atoms with van der Waals surface area (Å²) in [7, 11) is 0. The van der Waals surface area contributed by atoms with Gasteiger partial charge in [0.25, 0.3) is 0 Å². The molecule has 1 aliphatic carbocycles. The lowest BCUT2D eigenvalue weighted by atomic mass is 9.86. The van der Waals surface area contributed by atoms with Crippen LogP contribution in [0.2, 0.25) is 0 Å². The molecule has 0 saturated heterocycles. The monoisotopic (exact) mass is 231 g/mol. The van der Waals surface area contributed by atoms with Crippen molar-refractivity contribution in [2.24, 2.45) is 11.7 Å². The van der Waals surface area contributed by atoms with Crippen LogP contribution in [0.4, 0.5) is 13.2 Å². The van der Waals surface area contributed by atoms with Gasteiger partial charge in [-0.25, -0.2) is 13.2 Å². The van der Waals surface area contributed by atoms with Crippen molar-refractivity contribution in [3.8, 4) is 0 Å². The number of aliphatic hydroxyl groups is 1. The first-order valence-corrected chi connectivity index (χ1v) is 4.98. The van der Waals surface area contributed by atoms with Crippen molar-refractivity contribution < 1.29 is 18.3 Å². The third kappa shape index (κ3) is 1.60. The van der Waals surface area contributed by atoms with E-state index in [0.29, 0.717) is 6.42 Å². The van der Waals surface area contributed by atoms with Gasteiger partial charge in [0, 0.05) is 11.5 Å². The zero-order valence-corrected chi connectivity index (χ0v) is 8.46. The van der Waals surface area contributed by atoms with Gasteiger partial charge in [-0.2, -0.15) is 0 Å². The first kappa shape index (κ1) is 11.4. The lowest BCUT2D eigenvalue weighted by Crippen LogP contribution is -2.43. The van der Waals surface area contributed by atoms with Crippen molar-refractivity contribution in [3.05, 3.63) is 35.4 Å². The third-order valence-electron chi connectivity index (χ3n) is 3.09. The SMILES string of the molecule is NC(CF)(c1cccc(F)c1F)C1CC1O. The van der Waals surface area contributed by atoms with E-state index >= 15 is 0 Å². The molecule has 2 rings (SSSR count). The first-order chi connectivity index (χ1) is 7.50. The molecule has 0 aromatic heterocycles. The Kier molecular flexibility index (Phi) is 2.67. The summed E-state index contributed by atoms with van der Waals surface area (Å²) in [6, 6.07) is 3.48. The predicted molar refractivity (Wildman–Crippen MR) is 52.3 cm³/mol. The summed E-state index contributed by atoms with van der Waals surface area (Å²) in [5, 5.41) is 9.25. The molecule has 3 unspecified atom stereocenters. The summed E-state index contributed by atoms with van der Waals surface area (Å²) >= 11 is 0. The summed E-state index contributed by atoms with van der Waals surface area (Å²) in [5.74, 6) is -2.74. The Hall–Kier alpha value is -1.07. The van der Waals surface area contributed by atoms with Crippen LogP contribution < -0.4 is 5.73 Å². The van der Waals surface area contributed by atoms with Gasteiger partial charge in [0.2, 0.25) is 0 Å². The summed E-state index contributed by atoms with van der Waals surface area (Å²) in [4.78, 5) is 0. The number of aliphatic hydroxyl groups excluding tert-OH is 1. The second kappa shape index (κ2) is 3.75. The van der Waals surface area contributed by atoms with Crippen LogP contribution in [0.15, 0.2) is 18.2 Å². The molecule has 3 atom stereocenters. The Morgan fingerprint density at radius 2 is 2.06 bits per heavy atom. The number of benzene rings is 1. The molecule has 1 aromatic rings. The molecular formula is C11H12F3NO. The van der Waals surface area contributed by atoms with E-state index in [1.54, 1.807) is 0 Å². The molecule has 88 valence electrons. The van der Waals surface area contributed by atoms with Crippen LogP contribution in [0.3, 0.4) is 0 Å². The van der Waals surface area contributed by atoms with Crippen LogP contribution in [0.25, 0.3) is 0 Å². The van der Waals surface area contributed by atoms with Gasteiger partial charge in [0.1, 0.15) is 6.67 Å². The van der Waals surface area contributed by atoms with E-state index in [-0.39, 0.29) is 5.56 Å². The van der Waals surface area contributed by atoms with E-state index in [4.69, 9.17) is 5.73 Å². The maximum absolute atomic E-state index is 13.5. The van der Waals surface area contributed by atoms with E-state index in [1.807, 2.05) is 0 Å². The number of rotatable bonds is 3. The molecule has 5 heteroatoms. The lowest BCUT2D eigenvalue weighted by Gasteiger charge is -2.27. The molecule has 0 bridgehead atoms. The largest absolute Gasteiger partial charge is 0.393 e. The molecule has 1 aliphatic rings.